The van der Waals surface area contributed by atoms with Gasteiger partial charge in [-0.15, -0.1) is 17.5 Å². The van der Waals surface area contributed by atoms with E-state index in [-0.39, 0.29) is 24.4 Å². The van der Waals surface area contributed by atoms with E-state index < -0.39 is 0 Å². The summed E-state index contributed by atoms with van der Waals surface area (Å²) in [7, 11) is 0. The fourth-order valence-corrected chi connectivity index (χ4v) is 3.11. The summed E-state index contributed by atoms with van der Waals surface area (Å²) in [5, 5.41) is 11.3. The summed E-state index contributed by atoms with van der Waals surface area (Å²) in [5.41, 5.74) is 8.11. The molecule has 1 aromatic carbocycles. The van der Waals surface area contributed by atoms with Gasteiger partial charge in [-0.3, -0.25) is 4.79 Å². The number of carbonyl (C=O) groups excluding carboxylic acids is 1. The number of likely N-dealkylation sites (tertiary alicyclic amines) is 1. The van der Waals surface area contributed by atoms with Crippen molar-refractivity contribution in [3.8, 4) is 0 Å². The van der Waals surface area contributed by atoms with Gasteiger partial charge in [-0.1, -0.05) is 6.07 Å². The highest BCUT2D eigenvalue weighted by molar-refractivity contribution is 5.95. The number of aryl methyl sites for hydroxylation is 1. The van der Waals surface area contributed by atoms with Crippen LogP contribution in [0, 0.1) is 12.8 Å². The lowest BCUT2D eigenvalue weighted by Crippen LogP contribution is -2.34. The number of carbonyl (C=O) groups is 1. The van der Waals surface area contributed by atoms with Crippen LogP contribution < -0.4 is 11.1 Å². The van der Waals surface area contributed by atoms with Gasteiger partial charge in [0.15, 0.2) is 5.82 Å². The Morgan fingerprint density at radius 3 is 2.76 bits per heavy atom. The van der Waals surface area contributed by atoms with E-state index in [4.69, 9.17) is 5.73 Å². The molecule has 0 radical (unpaired) electrons. The van der Waals surface area contributed by atoms with Crippen LogP contribution in [0.5, 0.6) is 0 Å². The lowest BCUT2D eigenvalue weighted by atomic mass is 10.1. The van der Waals surface area contributed by atoms with Crippen LogP contribution in [0.15, 0.2) is 36.4 Å². The third-order valence-corrected chi connectivity index (χ3v) is 4.44. The van der Waals surface area contributed by atoms with Gasteiger partial charge in [-0.05, 0) is 63.1 Å². The number of nitrogens with zero attached hydrogens (tertiary/aromatic N) is 3. The highest BCUT2D eigenvalue weighted by atomic mass is 35.5. The first-order chi connectivity index (χ1) is 11.6. The molecule has 1 fully saturated rings. The van der Waals surface area contributed by atoms with Crippen molar-refractivity contribution in [2.45, 2.75) is 26.3 Å². The number of aromatic nitrogens is 2. The summed E-state index contributed by atoms with van der Waals surface area (Å²) < 4.78 is 0. The zero-order valence-electron chi connectivity index (χ0n) is 14.5. The van der Waals surface area contributed by atoms with E-state index in [1.54, 1.807) is 0 Å². The molecule has 0 aliphatic carbocycles. The Kier molecular flexibility index (Phi) is 6.33. The summed E-state index contributed by atoms with van der Waals surface area (Å²) in [6.07, 6.45) is 0.971. The lowest BCUT2D eigenvalue weighted by molar-refractivity contribution is 0.0743. The van der Waals surface area contributed by atoms with Crippen LogP contribution in [-0.4, -0.2) is 40.1 Å². The van der Waals surface area contributed by atoms with Crippen molar-refractivity contribution in [3.63, 3.8) is 0 Å². The monoisotopic (exact) mass is 361 g/mol. The standard InChI is InChI=1S/C18H23N5O.ClH/c1-12-6-7-17(22-21-12)20-16-5-3-4-15(9-16)18(24)23-11-14(10-19)8-13(23)2;/h3-7,9,13-14H,8,10-11,19H2,1-2H3,(H,20,22);1H. The van der Waals surface area contributed by atoms with Crippen molar-refractivity contribution in [1.82, 2.24) is 15.1 Å². The Labute approximate surface area is 154 Å². The average Bonchev–Trinajstić information content (AvgIpc) is 2.97. The van der Waals surface area contributed by atoms with Gasteiger partial charge in [0.2, 0.25) is 0 Å². The van der Waals surface area contributed by atoms with Crippen molar-refractivity contribution < 1.29 is 4.79 Å². The number of hydrogen-bond donors (Lipinski definition) is 2. The van der Waals surface area contributed by atoms with Gasteiger partial charge in [0, 0.05) is 23.8 Å². The van der Waals surface area contributed by atoms with Gasteiger partial charge in [0.05, 0.1) is 5.69 Å². The largest absolute Gasteiger partial charge is 0.339 e. The lowest BCUT2D eigenvalue weighted by Gasteiger charge is -2.22. The molecule has 25 heavy (non-hydrogen) atoms. The number of hydrogen-bond acceptors (Lipinski definition) is 5. The molecule has 2 atom stereocenters. The van der Waals surface area contributed by atoms with Crippen molar-refractivity contribution in [3.05, 3.63) is 47.7 Å². The number of anilines is 2. The van der Waals surface area contributed by atoms with Gasteiger partial charge in [-0.25, -0.2) is 0 Å². The molecule has 1 saturated heterocycles. The summed E-state index contributed by atoms with van der Waals surface area (Å²) in [6, 6.07) is 11.5. The van der Waals surface area contributed by atoms with Crippen LogP contribution in [0.4, 0.5) is 11.5 Å². The Morgan fingerprint density at radius 2 is 2.12 bits per heavy atom. The van der Waals surface area contributed by atoms with Gasteiger partial charge in [-0.2, -0.15) is 5.10 Å². The van der Waals surface area contributed by atoms with Gasteiger partial charge >= 0.3 is 0 Å². The zero-order valence-corrected chi connectivity index (χ0v) is 15.3. The molecule has 0 bridgehead atoms. The summed E-state index contributed by atoms with van der Waals surface area (Å²) >= 11 is 0. The van der Waals surface area contributed by atoms with Crippen LogP contribution in [0.1, 0.15) is 29.4 Å². The van der Waals surface area contributed by atoms with Crippen LogP contribution in [0.3, 0.4) is 0 Å². The fourth-order valence-electron chi connectivity index (χ4n) is 3.11. The molecule has 2 heterocycles. The van der Waals surface area contributed by atoms with Crippen molar-refractivity contribution in [2.24, 2.45) is 11.7 Å². The predicted octanol–water partition coefficient (Wildman–Crippen LogP) is 2.76. The first-order valence-corrected chi connectivity index (χ1v) is 8.25. The summed E-state index contributed by atoms with van der Waals surface area (Å²) in [4.78, 5) is 14.7. The van der Waals surface area contributed by atoms with Gasteiger partial charge in [0.25, 0.3) is 5.91 Å². The molecule has 2 aromatic rings. The third-order valence-electron chi connectivity index (χ3n) is 4.44. The van der Waals surface area contributed by atoms with E-state index in [0.717, 1.165) is 24.3 Å². The van der Waals surface area contributed by atoms with Crippen LogP contribution in [0.25, 0.3) is 0 Å². The molecule has 0 spiro atoms. The molecule has 3 N–H and O–H groups in total. The Hall–Kier alpha value is -2.18. The molecule has 6 nitrogen and oxygen atoms in total. The van der Waals surface area contributed by atoms with E-state index in [9.17, 15) is 4.79 Å². The number of halogens is 1. The van der Waals surface area contributed by atoms with Gasteiger partial charge < -0.3 is 16.0 Å². The fraction of sp³-hybridized carbons (Fsp3) is 0.389. The maximum absolute atomic E-state index is 12.8. The number of nitrogens with two attached hydrogens (primary N) is 1. The first kappa shape index (κ1) is 19.1. The molecular formula is C18H24ClN5O. The molecule has 7 heteroatoms. The number of benzene rings is 1. The maximum atomic E-state index is 12.8. The van der Waals surface area contributed by atoms with Crippen molar-refractivity contribution in [2.75, 3.05) is 18.4 Å². The SMILES string of the molecule is Cc1ccc(Nc2cccc(C(=O)N3CC(CN)CC3C)c2)nn1.Cl. The quantitative estimate of drug-likeness (QED) is 0.874. The number of nitrogens with one attached hydrogen (secondary N) is 1. The molecule has 3 rings (SSSR count). The Bertz CT molecular complexity index is 722. The molecule has 1 aromatic heterocycles. The van der Waals surface area contributed by atoms with Crippen LogP contribution in [0.2, 0.25) is 0 Å². The topological polar surface area (TPSA) is 84.1 Å². The van der Waals surface area contributed by atoms with Gasteiger partial charge in [0.1, 0.15) is 0 Å². The number of amides is 1. The minimum absolute atomic E-state index is 0. The van der Waals surface area contributed by atoms with Crippen LogP contribution in [-0.2, 0) is 0 Å². The smallest absolute Gasteiger partial charge is 0.254 e. The molecule has 2 unspecified atom stereocenters. The maximum Gasteiger partial charge on any atom is 0.254 e. The zero-order chi connectivity index (χ0) is 17.1. The minimum atomic E-state index is 0. The third kappa shape index (κ3) is 4.46. The molecule has 1 aliphatic heterocycles. The highest BCUT2D eigenvalue weighted by Crippen LogP contribution is 2.25. The summed E-state index contributed by atoms with van der Waals surface area (Å²) in [6.45, 7) is 5.33. The summed E-state index contributed by atoms with van der Waals surface area (Å²) in [5.74, 6) is 1.10. The first-order valence-electron chi connectivity index (χ1n) is 8.25. The number of rotatable bonds is 4. The predicted molar refractivity (Wildman–Crippen MR) is 101 cm³/mol. The highest BCUT2D eigenvalue weighted by Gasteiger charge is 2.32. The molecule has 1 aliphatic rings. The van der Waals surface area contributed by atoms with E-state index >= 15 is 0 Å². The van der Waals surface area contributed by atoms with E-state index in [1.165, 1.54) is 0 Å². The normalized spacial score (nSPS) is 19.4. The van der Waals surface area contributed by atoms with E-state index in [0.29, 0.717) is 23.8 Å². The second-order valence-electron chi connectivity index (χ2n) is 6.41. The second-order valence-corrected chi connectivity index (χ2v) is 6.41. The molecular weight excluding hydrogens is 338 g/mol. The van der Waals surface area contributed by atoms with E-state index in [1.807, 2.05) is 48.2 Å². The molecule has 1 amide bonds. The molecule has 134 valence electrons. The molecule has 0 saturated carbocycles. The Balaban J connectivity index is 0.00000225. The average molecular weight is 362 g/mol. The van der Waals surface area contributed by atoms with Crippen molar-refractivity contribution >= 4 is 29.8 Å². The Morgan fingerprint density at radius 1 is 1.32 bits per heavy atom. The second kappa shape index (κ2) is 8.27. The van der Waals surface area contributed by atoms with Crippen LogP contribution >= 0.6 is 12.4 Å². The van der Waals surface area contributed by atoms with E-state index in [2.05, 4.69) is 22.4 Å². The van der Waals surface area contributed by atoms with Crippen molar-refractivity contribution in [1.29, 1.82) is 0 Å². The minimum Gasteiger partial charge on any atom is -0.339 e.